The van der Waals surface area contributed by atoms with Gasteiger partial charge in [0.2, 0.25) is 0 Å². The number of nitrogens with one attached hydrogen (secondary N) is 1. The molecule has 16 heavy (non-hydrogen) atoms. The normalized spacial score (nSPS) is 11.4. The predicted molar refractivity (Wildman–Crippen MR) is 67.5 cm³/mol. The van der Waals surface area contributed by atoms with Crippen molar-refractivity contribution in [2.45, 2.75) is 26.3 Å². The minimum Gasteiger partial charge on any atom is -0.464 e. The quantitative estimate of drug-likeness (QED) is 0.813. The number of anilines is 1. The van der Waals surface area contributed by atoms with Crippen LogP contribution in [-0.4, -0.2) is 5.54 Å². The highest BCUT2D eigenvalue weighted by atomic mass is 16.3. The lowest BCUT2D eigenvalue weighted by Gasteiger charge is -2.22. The molecular formula is C14H17NO. The van der Waals surface area contributed by atoms with E-state index >= 15 is 0 Å². The molecule has 2 heteroatoms. The van der Waals surface area contributed by atoms with Crippen LogP contribution in [0.4, 0.5) is 5.69 Å². The number of hydrogen-bond acceptors (Lipinski definition) is 2. The first kappa shape index (κ1) is 10.8. The summed E-state index contributed by atoms with van der Waals surface area (Å²) in [4.78, 5) is 0. The molecule has 0 aliphatic carbocycles. The zero-order valence-corrected chi connectivity index (χ0v) is 9.95. The Hall–Kier alpha value is -1.70. The van der Waals surface area contributed by atoms with E-state index in [-0.39, 0.29) is 5.54 Å². The number of furan rings is 1. The highest BCUT2D eigenvalue weighted by molar-refractivity contribution is 5.64. The van der Waals surface area contributed by atoms with Crippen molar-refractivity contribution in [3.63, 3.8) is 0 Å². The molecule has 0 spiro atoms. The molecule has 0 aliphatic heterocycles. The van der Waals surface area contributed by atoms with Crippen LogP contribution < -0.4 is 5.32 Å². The summed E-state index contributed by atoms with van der Waals surface area (Å²) in [5, 5.41) is 3.44. The molecule has 0 fully saturated rings. The summed E-state index contributed by atoms with van der Waals surface area (Å²) in [6.45, 7) is 6.44. The Bertz CT molecular complexity index is 452. The summed E-state index contributed by atoms with van der Waals surface area (Å²) >= 11 is 0. The van der Waals surface area contributed by atoms with Gasteiger partial charge in [0.15, 0.2) is 0 Å². The number of rotatable bonds is 2. The Kier molecular flexibility index (Phi) is 2.73. The summed E-state index contributed by atoms with van der Waals surface area (Å²) in [5.41, 5.74) is 2.28. The Balaban J connectivity index is 2.27. The van der Waals surface area contributed by atoms with Crippen LogP contribution in [0.5, 0.6) is 0 Å². The Labute approximate surface area is 96.3 Å². The molecule has 0 atom stereocenters. The minimum atomic E-state index is 0.0712. The van der Waals surface area contributed by atoms with Gasteiger partial charge in [-0.1, -0.05) is 12.1 Å². The van der Waals surface area contributed by atoms with Gasteiger partial charge in [0.25, 0.3) is 0 Å². The van der Waals surface area contributed by atoms with Crippen molar-refractivity contribution in [1.29, 1.82) is 0 Å². The molecule has 2 aromatic rings. The van der Waals surface area contributed by atoms with Crippen molar-refractivity contribution < 1.29 is 4.42 Å². The van der Waals surface area contributed by atoms with Crippen molar-refractivity contribution in [2.24, 2.45) is 0 Å². The van der Waals surface area contributed by atoms with Gasteiger partial charge in [0.1, 0.15) is 5.76 Å². The van der Waals surface area contributed by atoms with E-state index in [0.29, 0.717) is 0 Å². The molecule has 0 unspecified atom stereocenters. The van der Waals surface area contributed by atoms with Gasteiger partial charge >= 0.3 is 0 Å². The molecule has 0 saturated carbocycles. The molecule has 0 saturated heterocycles. The fraction of sp³-hybridized carbons (Fsp3) is 0.286. The second kappa shape index (κ2) is 4.05. The first-order valence-corrected chi connectivity index (χ1v) is 5.47. The second-order valence-electron chi connectivity index (χ2n) is 4.93. The molecule has 1 aromatic carbocycles. The average Bonchev–Trinajstić information content (AvgIpc) is 2.68. The SMILES string of the molecule is CC(C)(C)Nc1cccc(-c2ccco2)c1. The zero-order valence-electron chi connectivity index (χ0n) is 9.95. The van der Waals surface area contributed by atoms with Crippen LogP contribution in [-0.2, 0) is 0 Å². The van der Waals surface area contributed by atoms with Gasteiger partial charge in [-0.2, -0.15) is 0 Å². The molecule has 0 radical (unpaired) electrons. The first-order valence-electron chi connectivity index (χ1n) is 5.47. The minimum absolute atomic E-state index is 0.0712. The maximum Gasteiger partial charge on any atom is 0.133 e. The van der Waals surface area contributed by atoms with Crippen LogP contribution >= 0.6 is 0 Å². The fourth-order valence-corrected chi connectivity index (χ4v) is 1.63. The highest BCUT2D eigenvalue weighted by Crippen LogP contribution is 2.24. The maximum atomic E-state index is 5.38. The van der Waals surface area contributed by atoms with Gasteiger partial charge in [0.05, 0.1) is 6.26 Å². The van der Waals surface area contributed by atoms with E-state index in [1.807, 2.05) is 24.3 Å². The molecule has 84 valence electrons. The third kappa shape index (κ3) is 2.66. The van der Waals surface area contributed by atoms with Crippen LogP contribution in [0.25, 0.3) is 11.3 Å². The number of benzene rings is 1. The molecule has 1 heterocycles. The van der Waals surface area contributed by atoms with Crippen LogP contribution in [0.3, 0.4) is 0 Å². The van der Waals surface area contributed by atoms with Crippen molar-refractivity contribution in [3.05, 3.63) is 42.7 Å². The van der Waals surface area contributed by atoms with Gasteiger partial charge in [-0.3, -0.25) is 0 Å². The molecule has 2 nitrogen and oxygen atoms in total. The van der Waals surface area contributed by atoms with Gasteiger partial charge in [-0.25, -0.2) is 0 Å². The third-order valence-corrected chi connectivity index (χ3v) is 2.19. The Morgan fingerprint density at radius 2 is 1.88 bits per heavy atom. The summed E-state index contributed by atoms with van der Waals surface area (Å²) in [5.74, 6) is 0.901. The van der Waals surface area contributed by atoms with Crippen molar-refractivity contribution in [1.82, 2.24) is 0 Å². The van der Waals surface area contributed by atoms with Crippen molar-refractivity contribution in [3.8, 4) is 11.3 Å². The molecular weight excluding hydrogens is 198 g/mol. The van der Waals surface area contributed by atoms with Crippen molar-refractivity contribution >= 4 is 5.69 Å². The largest absolute Gasteiger partial charge is 0.464 e. The van der Waals surface area contributed by atoms with E-state index < -0.39 is 0 Å². The van der Waals surface area contributed by atoms with Gasteiger partial charge < -0.3 is 9.73 Å². The van der Waals surface area contributed by atoms with Gasteiger partial charge in [0, 0.05) is 16.8 Å². The van der Waals surface area contributed by atoms with E-state index in [1.54, 1.807) is 6.26 Å². The standard InChI is InChI=1S/C14H17NO/c1-14(2,3)15-12-7-4-6-11(10-12)13-8-5-9-16-13/h4-10,15H,1-3H3. The smallest absolute Gasteiger partial charge is 0.133 e. The molecule has 1 aromatic heterocycles. The van der Waals surface area contributed by atoms with Crippen LogP contribution in [0.1, 0.15) is 20.8 Å². The number of hydrogen-bond donors (Lipinski definition) is 1. The topological polar surface area (TPSA) is 25.2 Å². The van der Waals surface area contributed by atoms with E-state index in [1.165, 1.54) is 0 Å². The average molecular weight is 215 g/mol. The van der Waals surface area contributed by atoms with Gasteiger partial charge in [-0.15, -0.1) is 0 Å². The molecule has 0 aliphatic rings. The lowest BCUT2D eigenvalue weighted by atomic mass is 10.1. The van der Waals surface area contributed by atoms with E-state index in [9.17, 15) is 0 Å². The lowest BCUT2D eigenvalue weighted by molar-refractivity contribution is 0.582. The summed E-state index contributed by atoms with van der Waals surface area (Å²) in [7, 11) is 0. The monoisotopic (exact) mass is 215 g/mol. The third-order valence-electron chi connectivity index (χ3n) is 2.19. The van der Waals surface area contributed by atoms with Crippen LogP contribution in [0.15, 0.2) is 47.1 Å². The molecule has 0 amide bonds. The first-order chi connectivity index (χ1) is 7.54. The predicted octanol–water partition coefficient (Wildman–Crippen LogP) is 4.16. The Morgan fingerprint density at radius 1 is 1.06 bits per heavy atom. The Morgan fingerprint density at radius 3 is 2.50 bits per heavy atom. The van der Waals surface area contributed by atoms with E-state index in [4.69, 9.17) is 4.42 Å². The second-order valence-corrected chi connectivity index (χ2v) is 4.93. The summed E-state index contributed by atoms with van der Waals surface area (Å²) in [6, 6.07) is 12.1. The van der Waals surface area contributed by atoms with E-state index in [0.717, 1.165) is 17.0 Å². The van der Waals surface area contributed by atoms with Crippen LogP contribution in [0.2, 0.25) is 0 Å². The molecule has 1 N–H and O–H groups in total. The van der Waals surface area contributed by atoms with Crippen LogP contribution in [0, 0.1) is 0 Å². The molecule has 0 bridgehead atoms. The maximum absolute atomic E-state index is 5.38. The summed E-state index contributed by atoms with van der Waals surface area (Å²) in [6.07, 6.45) is 1.69. The van der Waals surface area contributed by atoms with E-state index in [2.05, 4.69) is 38.2 Å². The lowest BCUT2D eigenvalue weighted by Crippen LogP contribution is -2.25. The zero-order chi connectivity index (χ0) is 11.6. The van der Waals surface area contributed by atoms with Gasteiger partial charge in [-0.05, 0) is 45.0 Å². The van der Waals surface area contributed by atoms with Crippen molar-refractivity contribution in [2.75, 3.05) is 5.32 Å². The highest BCUT2D eigenvalue weighted by Gasteiger charge is 2.09. The summed E-state index contributed by atoms with van der Waals surface area (Å²) < 4.78 is 5.38. The molecule has 2 rings (SSSR count). The fourth-order valence-electron chi connectivity index (χ4n) is 1.63.